The predicted molar refractivity (Wildman–Crippen MR) is 116 cm³/mol. The Morgan fingerprint density at radius 2 is 1.80 bits per heavy atom. The molecule has 1 aliphatic rings. The van der Waals surface area contributed by atoms with Crippen LogP contribution >= 0.6 is 0 Å². The molecule has 7 heteroatoms. The van der Waals surface area contributed by atoms with Crippen molar-refractivity contribution in [1.82, 2.24) is 10.2 Å². The van der Waals surface area contributed by atoms with E-state index in [1.54, 1.807) is 7.11 Å². The van der Waals surface area contributed by atoms with Crippen LogP contribution in [-0.2, 0) is 11.2 Å². The van der Waals surface area contributed by atoms with E-state index in [9.17, 15) is 4.79 Å². The molecule has 1 aliphatic heterocycles. The average Bonchev–Trinajstić information content (AvgIpc) is 3.30. The zero-order valence-corrected chi connectivity index (χ0v) is 17.3. The van der Waals surface area contributed by atoms with E-state index in [0.29, 0.717) is 25.0 Å². The van der Waals surface area contributed by atoms with Crippen molar-refractivity contribution < 1.29 is 13.9 Å². The summed E-state index contributed by atoms with van der Waals surface area (Å²) in [7, 11) is 1.63. The minimum atomic E-state index is -0.0175. The maximum absolute atomic E-state index is 12.6. The van der Waals surface area contributed by atoms with Crippen LogP contribution in [0.2, 0.25) is 0 Å². The van der Waals surface area contributed by atoms with Crippen molar-refractivity contribution in [2.45, 2.75) is 26.2 Å². The van der Waals surface area contributed by atoms with E-state index >= 15 is 0 Å². The molecule has 0 aliphatic carbocycles. The molecule has 1 aromatic heterocycles. The lowest BCUT2D eigenvalue weighted by Gasteiger charge is -2.29. The number of carbonyl (C=O) groups excluding carboxylic acids is 1. The lowest BCUT2D eigenvalue weighted by molar-refractivity contribution is -0.120. The second-order valence-electron chi connectivity index (χ2n) is 7.42. The van der Waals surface area contributed by atoms with Gasteiger partial charge in [0.1, 0.15) is 5.75 Å². The molecule has 2 aromatic carbocycles. The Hall–Kier alpha value is -3.35. The van der Waals surface area contributed by atoms with E-state index < -0.39 is 0 Å². The molecule has 0 radical (unpaired) electrons. The molecule has 4 rings (SSSR count). The second-order valence-corrected chi connectivity index (χ2v) is 7.42. The molecule has 1 amide bonds. The van der Waals surface area contributed by atoms with E-state index in [-0.39, 0.29) is 11.8 Å². The first kappa shape index (κ1) is 19.9. The second kappa shape index (κ2) is 8.98. The van der Waals surface area contributed by atoms with Crippen molar-refractivity contribution in [3.63, 3.8) is 0 Å². The van der Waals surface area contributed by atoms with Gasteiger partial charge in [0, 0.05) is 30.3 Å². The summed E-state index contributed by atoms with van der Waals surface area (Å²) >= 11 is 0. The number of hydrogen-bond acceptors (Lipinski definition) is 6. The molecular weight excluding hydrogens is 380 g/mol. The van der Waals surface area contributed by atoms with Crippen LogP contribution in [-0.4, -0.2) is 36.3 Å². The third kappa shape index (κ3) is 4.45. The number of hydrogen-bond donors (Lipinski definition) is 1. The SMILES string of the molecule is CCc1ccc(NC(=O)C2CCN(c3nnc(-c4ccc(OC)cc4)o3)CC2)cc1. The highest BCUT2D eigenvalue weighted by Crippen LogP contribution is 2.27. The minimum Gasteiger partial charge on any atom is -0.497 e. The van der Waals surface area contributed by atoms with E-state index in [4.69, 9.17) is 9.15 Å². The van der Waals surface area contributed by atoms with Crippen molar-refractivity contribution in [2.24, 2.45) is 5.92 Å². The van der Waals surface area contributed by atoms with Gasteiger partial charge in [-0.1, -0.05) is 24.2 Å². The van der Waals surface area contributed by atoms with E-state index in [2.05, 4.69) is 22.4 Å². The van der Waals surface area contributed by atoms with Gasteiger partial charge < -0.3 is 19.4 Å². The number of amides is 1. The zero-order valence-electron chi connectivity index (χ0n) is 17.3. The largest absolute Gasteiger partial charge is 0.497 e. The van der Waals surface area contributed by atoms with Crippen LogP contribution in [0.1, 0.15) is 25.3 Å². The number of methoxy groups -OCH3 is 1. The zero-order chi connectivity index (χ0) is 20.9. The summed E-state index contributed by atoms with van der Waals surface area (Å²) < 4.78 is 11.0. The Kier molecular flexibility index (Phi) is 5.97. The summed E-state index contributed by atoms with van der Waals surface area (Å²) in [4.78, 5) is 14.7. The molecule has 30 heavy (non-hydrogen) atoms. The molecule has 0 unspecified atom stereocenters. The summed E-state index contributed by atoms with van der Waals surface area (Å²) in [5.74, 6) is 1.31. The summed E-state index contributed by atoms with van der Waals surface area (Å²) in [5.41, 5.74) is 2.95. The molecule has 0 bridgehead atoms. The molecule has 0 atom stereocenters. The van der Waals surface area contributed by atoms with Crippen LogP contribution in [0.5, 0.6) is 5.75 Å². The number of benzene rings is 2. The lowest BCUT2D eigenvalue weighted by Crippen LogP contribution is -2.38. The fourth-order valence-corrected chi connectivity index (χ4v) is 3.59. The van der Waals surface area contributed by atoms with Crippen LogP contribution in [0.25, 0.3) is 11.5 Å². The van der Waals surface area contributed by atoms with Crippen LogP contribution in [0.4, 0.5) is 11.7 Å². The van der Waals surface area contributed by atoms with Crippen LogP contribution in [0, 0.1) is 5.92 Å². The molecule has 1 saturated heterocycles. The van der Waals surface area contributed by atoms with Gasteiger partial charge in [0.05, 0.1) is 7.11 Å². The third-order valence-corrected chi connectivity index (χ3v) is 5.52. The monoisotopic (exact) mass is 406 g/mol. The fraction of sp³-hybridized carbons (Fsp3) is 0.348. The number of nitrogens with zero attached hydrogens (tertiary/aromatic N) is 3. The summed E-state index contributed by atoms with van der Waals surface area (Å²) in [5, 5.41) is 11.4. The Balaban J connectivity index is 1.32. The molecule has 0 spiro atoms. The average molecular weight is 406 g/mol. The molecule has 156 valence electrons. The number of rotatable bonds is 6. The van der Waals surface area contributed by atoms with Crippen molar-refractivity contribution in [2.75, 3.05) is 30.4 Å². The van der Waals surface area contributed by atoms with Gasteiger partial charge in [-0.2, -0.15) is 0 Å². The molecule has 0 saturated carbocycles. The Labute approximate surface area is 176 Å². The van der Waals surface area contributed by atoms with Gasteiger partial charge in [-0.05, 0) is 61.2 Å². The van der Waals surface area contributed by atoms with E-state index in [1.807, 2.05) is 53.4 Å². The number of aromatic nitrogens is 2. The third-order valence-electron chi connectivity index (χ3n) is 5.52. The number of aryl methyl sites for hydroxylation is 1. The number of carbonyl (C=O) groups is 1. The first-order chi connectivity index (χ1) is 14.7. The van der Waals surface area contributed by atoms with Gasteiger partial charge in [0.15, 0.2) is 0 Å². The van der Waals surface area contributed by atoms with Crippen LogP contribution in [0.3, 0.4) is 0 Å². The smallest absolute Gasteiger partial charge is 0.318 e. The predicted octanol–water partition coefficient (Wildman–Crippen LogP) is 4.16. The first-order valence-corrected chi connectivity index (χ1v) is 10.3. The Bertz CT molecular complexity index is 974. The normalized spacial score (nSPS) is 14.5. The van der Waals surface area contributed by atoms with E-state index in [1.165, 1.54) is 5.56 Å². The fourth-order valence-electron chi connectivity index (χ4n) is 3.59. The number of ether oxygens (including phenoxy) is 1. The Morgan fingerprint density at radius 1 is 1.10 bits per heavy atom. The lowest BCUT2D eigenvalue weighted by atomic mass is 9.96. The molecular formula is C23H26N4O3. The van der Waals surface area contributed by atoms with Crippen LogP contribution < -0.4 is 15.0 Å². The minimum absolute atomic E-state index is 0.0175. The van der Waals surface area contributed by atoms with Crippen molar-refractivity contribution in [3.8, 4) is 17.2 Å². The molecule has 1 N–H and O–H groups in total. The summed E-state index contributed by atoms with van der Waals surface area (Å²) in [6, 6.07) is 16.0. The van der Waals surface area contributed by atoms with Gasteiger partial charge in [0.25, 0.3) is 0 Å². The molecule has 1 fully saturated rings. The number of piperidine rings is 1. The maximum atomic E-state index is 12.6. The highest BCUT2D eigenvalue weighted by molar-refractivity contribution is 5.92. The highest BCUT2D eigenvalue weighted by Gasteiger charge is 2.27. The van der Waals surface area contributed by atoms with Gasteiger partial charge >= 0.3 is 6.01 Å². The van der Waals surface area contributed by atoms with E-state index in [0.717, 1.165) is 36.3 Å². The standard InChI is InChI=1S/C23H26N4O3/c1-3-16-4-8-19(9-5-16)24-21(28)17-12-14-27(15-13-17)23-26-25-22(30-23)18-6-10-20(29-2)11-7-18/h4-11,17H,3,12-15H2,1-2H3,(H,24,28). The molecule has 2 heterocycles. The van der Waals surface area contributed by atoms with Crippen molar-refractivity contribution >= 4 is 17.6 Å². The molecule has 3 aromatic rings. The topological polar surface area (TPSA) is 80.5 Å². The summed E-state index contributed by atoms with van der Waals surface area (Å²) in [6.07, 6.45) is 2.49. The highest BCUT2D eigenvalue weighted by atomic mass is 16.5. The van der Waals surface area contributed by atoms with Gasteiger partial charge in [-0.15, -0.1) is 5.10 Å². The van der Waals surface area contributed by atoms with Crippen molar-refractivity contribution in [1.29, 1.82) is 0 Å². The number of anilines is 2. The van der Waals surface area contributed by atoms with Gasteiger partial charge in [0.2, 0.25) is 11.8 Å². The molecule has 7 nitrogen and oxygen atoms in total. The van der Waals surface area contributed by atoms with Crippen molar-refractivity contribution in [3.05, 3.63) is 54.1 Å². The Morgan fingerprint density at radius 3 is 2.43 bits per heavy atom. The van der Waals surface area contributed by atoms with Crippen LogP contribution in [0.15, 0.2) is 52.9 Å². The van der Waals surface area contributed by atoms with Gasteiger partial charge in [-0.25, -0.2) is 0 Å². The maximum Gasteiger partial charge on any atom is 0.318 e. The van der Waals surface area contributed by atoms with Gasteiger partial charge in [-0.3, -0.25) is 4.79 Å². The number of nitrogens with one attached hydrogen (secondary N) is 1. The quantitative estimate of drug-likeness (QED) is 0.662. The summed E-state index contributed by atoms with van der Waals surface area (Å²) in [6.45, 7) is 3.53. The first-order valence-electron chi connectivity index (χ1n) is 10.3.